The summed E-state index contributed by atoms with van der Waals surface area (Å²) >= 11 is 0. The summed E-state index contributed by atoms with van der Waals surface area (Å²) in [4.78, 5) is 12.2. The first-order chi connectivity index (χ1) is 8.50. The molecule has 4 heteroatoms. The molecule has 1 heterocycles. The number of nitrogens with one attached hydrogen (secondary N) is 1. The summed E-state index contributed by atoms with van der Waals surface area (Å²) in [5.74, 6) is 0.0638. The number of carbonyl (C=O) groups excluding carboxylic acids is 1. The molecule has 1 rings (SSSR count). The molecule has 4 nitrogen and oxygen atoms in total. The number of nitrogens with zero attached hydrogens (tertiary/aromatic N) is 1. The second-order valence-corrected chi connectivity index (χ2v) is 4.90. The van der Waals surface area contributed by atoms with Crippen LogP contribution in [0.3, 0.4) is 0 Å². The van der Waals surface area contributed by atoms with Gasteiger partial charge in [0.1, 0.15) is 0 Å². The Morgan fingerprint density at radius 1 is 1.39 bits per heavy atom. The summed E-state index contributed by atoms with van der Waals surface area (Å²) in [6.07, 6.45) is 1.55. The third kappa shape index (κ3) is 2.75. The molecule has 1 aromatic rings. The second-order valence-electron chi connectivity index (χ2n) is 4.90. The molecule has 0 atom stereocenters. The molecule has 0 fully saturated rings. The first-order valence-corrected chi connectivity index (χ1v) is 6.60. The van der Waals surface area contributed by atoms with Crippen LogP contribution < -0.4 is 11.1 Å². The zero-order valence-corrected chi connectivity index (χ0v) is 11.9. The van der Waals surface area contributed by atoms with Crippen LogP contribution in [-0.2, 0) is 18.4 Å². The number of nitrogens with two attached hydrogens (primary N) is 1. The molecule has 102 valence electrons. The van der Waals surface area contributed by atoms with Gasteiger partial charge in [-0.3, -0.25) is 4.79 Å². The molecule has 0 aliphatic carbocycles. The summed E-state index contributed by atoms with van der Waals surface area (Å²) in [7, 11) is 2.01. The maximum Gasteiger partial charge on any atom is 0.227 e. The fourth-order valence-electron chi connectivity index (χ4n) is 2.16. The highest BCUT2D eigenvalue weighted by molar-refractivity contribution is 5.82. The van der Waals surface area contributed by atoms with Crippen LogP contribution >= 0.6 is 0 Å². The minimum absolute atomic E-state index is 0.0638. The van der Waals surface area contributed by atoms with E-state index in [9.17, 15) is 4.79 Å². The van der Waals surface area contributed by atoms with E-state index >= 15 is 0 Å². The minimum atomic E-state index is -0.416. The van der Waals surface area contributed by atoms with E-state index in [4.69, 9.17) is 5.73 Å². The highest BCUT2D eigenvalue weighted by atomic mass is 16.2. The van der Waals surface area contributed by atoms with Gasteiger partial charge in [0.05, 0.1) is 12.0 Å². The van der Waals surface area contributed by atoms with E-state index in [0.29, 0.717) is 13.1 Å². The Kier molecular flexibility index (Phi) is 4.96. The number of hydrogen-bond donors (Lipinski definition) is 2. The molecule has 0 saturated carbocycles. The lowest BCUT2D eigenvalue weighted by molar-refractivity contribution is -0.131. The van der Waals surface area contributed by atoms with E-state index in [1.54, 1.807) is 0 Å². The lowest BCUT2D eigenvalue weighted by Crippen LogP contribution is -2.45. The van der Waals surface area contributed by atoms with Crippen molar-refractivity contribution in [2.45, 2.75) is 40.2 Å². The van der Waals surface area contributed by atoms with Crippen molar-refractivity contribution < 1.29 is 4.79 Å². The van der Waals surface area contributed by atoms with E-state index in [-0.39, 0.29) is 5.91 Å². The van der Waals surface area contributed by atoms with Crippen molar-refractivity contribution in [2.75, 3.05) is 6.54 Å². The predicted octanol–water partition coefficient (Wildman–Crippen LogP) is 1.71. The lowest BCUT2D eigenvalue weighted by Gasteiger charge is -2.28. The van der Waals surface area contributed by atoms with Gasteiger partial charge in [-0.1, -0.05) is 13.8 Å². The van der Waals surface area contributed by atoms with Crippen molar-refractivity contribution in [3.8, 4) is 0 Å². The summed E-state index contributed by atoms with van der Waals surface area (Å²) in [6, 6.07) is 4.09. The first kappa shape index (κ1) is 14.8. The van der Waals surface area contributed by atoms with Gasteiger partial charge in [-0.05, 0) is 31.9 Å². The van der Waals surface area contributed by atoms with Crippen LogP contribution in [0.2, 0.25) is 0 Å². The smallest absolute Gasteiger partial charge is 0.227 e. The van der Waals surface area contributed by atoms with Crippen LogP contribution in [-0.4, -0.2) is 17.0 Å². The Hall–Kier alpha value is -1.29. The summed E-state index contributed by atoms with van der Waals surface area (Å²) in [5.41, 5.74) is 7.65. The highest BCUT2D eigenvalue weighted by Gasteiger charge is 2.32. The van der Waals surface area contributed by atoms with Crippen molar-refractivity contribution in [3.05, 3.63) is 23.5 Å². The molecule has 0 aliphatic rings. The van der Waals surface area contributed by atoms with E-state index in [1.807, 2.05) is 33.9 Å². The van der Waals surface area contributed by atoms with E-state index in [1.165, 1.54) is 5.69 Å². The Balaban J connectivity index is 2.68. The largest absolute Gasteiger partial charge is 0.350 e. The standard InChI is InChI=1S/C14H25N3O/c1-5-14(6-2,10-15)13(18)16-9-12-8-7-11(3)17(12)4/h7-8H,5-6,9-10,15H2,1-4H3,(H,16,18). The van der Waals surface area contributed by atoms with Crippen molar-refractivity contribution in [1.82, 2.24) is 9.88 Å². The molecular formula is C14H25N3O. The second kappa shape index (κ2) is 6.05. The lowest BCUT2D eigenvalue weighted by atomic mass is 9.81. The zero-order chi connectivity index (χ0) is 13.8. The van der Waals surface area contributed by atoms with Gasteiger partial charge in [-0.25, -0.2) is 0 Å². The third-order valence-corrected chi connectivity index (χ3v) is 4.13. The van der Waals surface area contributed by atoms with E-state index < -0.39 is 5.41 Å². The molecule has 0 aliphatic heterocycles. The van der Waals surface area contributed by atoms with Gasteiger partial charge < -0.3 is 15.6 Å². The van der Waals surface area contributed by atoms with Gasteiger partial charge in [-0.15, -0.1) is 0 Å². The summed E-state index contributed by atoms with van der Waals surface area (Å²) in [6.45, 7) is 7.04. The molecule has 1 aromatic heterocycles. The predicted molar refractivity (Wildman–Crippen MR) is 74.1 cm³/mol. The summed E-state index contributed by atoms with van der Waals surface area (Å²) in [5, 5.41) is 3.01. The molecule has 0 bridgehead atoms. The van der Waals surface area contributed by atoms with Gasteiger partial charge >= 0.3 is 0 Å². The maximum absolute atomic E-state index is 12.2. The van der Waals surface area contributed by atoms with Crippen molar-refractivity contribution in [3.63, 3.8) is 0 Å². The minimum Gasteiger partial charge on any atom is -0.350 e. The average Bonchev–Trinajstić information content (AvgIpc) is 2.70. The fraction of sp³-hybridized carbons (Fsp3) is 0.643. The van der Waals surface area contributed by atoms with Gasteiger partial charge in [0.2, 0.25) is 5.91 Å². The van der Waals surface area contributed by atoms with Gasteiger partial charge in [-0.2, -0.15) is 0 Å². The molecule has 0 spiro atoms. The van der Waals surface area contributed by atoms with Crippen LogP contribution in [0.25, 0.3) is 0 Å². The molecule has 0 radical (unpaired) electrons. The average molecular weight is 251 g/mol. The van der Waals surface area contributed by atoms with E-state index in [0.717, 1.165) is 18.5 Å². The Morgan fingerprint density at radius 3 is 2.39 bits per heavy atom. The van der Waals surface area contributed by atoms with Crippen LogP contribution in [0.15, 0.2) is 12.1 Å². The normalized spacial score (nSPS) is 11.6. The zero-order valence-electron chi connectivity index (χ0n) is 11.9. The molecule has 1 amide bonds. The van der Waals surface area contributed by atoms with Gasteiger partial charge in [0.25, 0.3) is 0 Å². The number of aryl methyl sites for hydroxylation is 1. The van der Waals surface area contributed by atoms with Crippen molar-refractivity contribution >= 4 is 5.91 Å². The quantitative estimate of drug-likeness (QED) is 0.808. The SMILES string of the molecule is CCC(CC)(CN)C(=O)NCc1ccc(C)n1C. The van der Waals surface area contributed by atoms with Crippen molar-refractivity contribution in [2.24, 2.45) is 18.2 Å². The Morgan fingerprint density at radius 2 is 2.00 bits per heavy atom. The van der Waals surface area contributed by atoms with Crippen LogP contribution in [0, 0.1) is 12.3 Å². The fourth-order valence-corrected chi connectivity index (χ4v) is 2.16. The Labute approximate surface area is 110 Å². The number of rotatable bonds is 6. The number of aromatic nitrogens is 1. The van der Waals surface area contributed by atoms with E-state index in [2.05, 4.69) is 16.0 Å². The molecule has 3 N–H and O–H groups in total. The molecule has 0 saturated heterocycles. The molecular weight excluding hydrogens is 226 g/mol. The molecule has 0 aromatic carbocycles. The van der Waals surface area contributed by atoms with Gasteiger partial charge in [0, 0.05) is 25.0 Å². The highest BCUT2D eigenvalue weighted by Crippen LogP contribution is 2.25. The van der Waals surface area contributed by atoms with Crippen LogP contribution in [0.1, 0.15) is 38.1 Å². The number of carbonyl (C=O) groups is 1. The topological polar surface area (TPSA) is 60.1 Å². The third-order valence-electron chi connectivity index (χ3n) is 4.13. The number of amides is 1. The molecule has 0 unspecified atom stereocenters. The van der Waals surface area contributed by atoms with Crippen LogP contribution in [0.5, 0.6) is 0 Å². The van der Waals surface area contributed by atoms with Crippen molar-refractivity contribution in [1.29, 1.82) is 0 Å². The Bertz CT molecular complexity index is 397. The maximum atomic E-state index is 12.2. The first-order valence-electron chi connectivity index (χ1n) is 6.60. The number of hydrogen-bond acceptors (Lipinski definition) is 2. The molecule has 18 heavy (non-hydrogen) atoms. The monoisotopic (exact) mass is 251 g/mol. The van der Waals surface area contributed by atoms with Gasteiger partial charge in [0.15, 0.2) is 0 Å². The summed E-state index contributed by atoms with van der Waals surface area (Å²) < 4.78 is 2.09. The van der Waals surface area contributed by atoms with Crippen LogP contribution in [0.4, 0.5) is 0 Å².